The van der Waals surface area contributed by atoms with E-state index in [1.807, 2.05) is 0 Å². The summed E-state index contributed by atoms with van der Waals surface area (Å²) in [4.78, 5) is 10.0. The van der Waals surface area contributed by atoms with Gasteiger partial charge in [0.25, 0.3) is 0 Å². The molecule has 70 valence electrons. The molecule has 3 N–H and O–H groups in total. The van der Waals surface area contributed by atoms with Gasteiger partial charge in [-0.05, 0) is 5.92 Å². The van der Waals surface area contributed by atoms with E-state index in [2.05, 4.69) is 0 Å². The van der Waals surface area contributed by atoms with Crippen LogP contribution in [0.3, 0.4) is 0 Å². The number of carboxylic acids is 1. The van der Waals surface area contributed by atoms with Crippen molar-refractivity contribution in [1.29, 1.82) is 0 Å². The van der Waals surface area contributed by atoms with Gasteiger partial charge in [0.2, 0.25) is 0 Å². The van der Waals surface area contributed by atoms with Gasteiger partial charge in [0.05, 0.1) is 12.3 Å². The van der Waals surface area contributed by atoms with Crippen molar-refractivity contribution in [2.24, 2.45) is 17.6 Å². The van der Waals surface area contributed by atoms with Gasteiger partial charge in [-0.2, -0.15) is 13.2 Å². The summed E-state index contributed by atoms with van der Waals surface area (Å²) in [5.74, 6) is -3.78. The van der Waals surface area contributed by atoms with E-state index in [9.17, 15) is 18.0 Å². The van der Waals surface area contributed by atoms with Crippen LogP contribution in [0.5, 0.6) is 0 Å². The van der Waals surface area contributed by atoms with Gasteiger partial charge in [0.15, 0.2) is 0 Å². The van der Waals surface area contributed by atoms with Crippen LogP contribution in [0, 0.1) is 11.8 Å². The smallest absolute Gasteiger partial charge is 0.393 e. The number of hydrogen-bond acceptors (Lipinski definition) is 2. The summed E-state index contributed by atoms with van der Waals surface area (Å²) in [6, 6.07) is -1.03. The highest BCUT2D eigenvalue weighted by Crippen LogP contribution is 2.50. The first kappa shape index (κ1) is 9.31. The molecule has 1 aliphatic carbocycles. The van der Waals surface area contributed by atoms with Crippen molar-refractivity contribution in [1.82, 2.24) is 0 Å². The van der Waals surface area contributed by atoms with Gasteiger partial charge >= 0.3 is 12.1 Å². The van der Waals surface area contributed by atoms with Crippen LogP contribution in [-0.2, 0) is 4.79 Å². The molecule has 0 radical (unpaired) electrons. The molecule has 1 rings (SSSR count). The molecule has 0 aromatic carbocycles. The molecular weight excluding hydrogens is 175 g/mol. The van der Waals surface area contributed by atoms with Crippen LogP contribution in [0.4, 0.5) is 13.2 Å². The second-order valence-electron chi connectivity index (χ2n) is 2.91. The average Bonchev–Trinajstić information content (AvgIpc) is 2.37. The van der Waals surface area contributed by atoms with Crippen molar-refractivity contribution in [3.8, 4) is 0 Å². The predicted octanol–water partition coefficient (Wildman–Crippen LogP) is 0.597. The van der Waals surface area contributed by atoms with Crippen LogP contribution in [-0.4, -0.2) is 23.3 Å². The van der Waals surface area contributed by atoms with E-state index in [-0.39, 0.29) is 0 Å². The maximum atomic E-state index is 11.9. The molecule has 0 saturated heterocycles. The highest BCUT2D eigenvalue weighted by atomic mass is 19.4. The number of alkyl halides is 3. The molecule has 0 aromatic heterocycles. The molecule has 0 aromatic rings. The minimum atomic E-state index is -4.35. The fourth-order valence-electron chi connectivity index (χ4n) is 1.33. The molecule has 3 atom stereocenters. The van der Waals surface area contributed by atoms with Gasteiger partial charge in [-0.1, -0.05) is 0 Å². The van der Waals surface area contributed by atoms with Gasteiger partial charge in [0, 0.05) is 6.04 Å². The molecule has 1 fully saturated rings. The van der Waals surface area contributed by atoms with E-state index in [0.29, 0.717) is 0 Å². The Balaban J connectivity index is 2.48. The van der Waals surface area contributed by atoms with E-state index in [0.717, 1.165) is 0 Å². The molecule has 1 saturated carbocycles. The van der Waals surface area contributed by atoms with E-state index in [4.69, 9.17) is 10.8 Å². The van der Waals surface area contributed by atoms with Crippen LogP contribution in [0.25, 0.3) is 0 Å². The molecule has 3 nitrogen and oxygen atoms in total. The number of aliphatic carboxylic acids is 1. The van der Waals surface area contributed by atoms with Crippen LogP contribution < -0.4 is 5.73 Å². The molecule has 0 amide bonds. The Morgan fingerprint density at radius 3 is 2.25 bits per heavy atom. The van der Waals surface area contributed by atoms with Crippen molar-refractivity contribution in [2.75, 3.05) is 0 Å². The Bertz CT molecular complexity index is 203. The zero-order valence-electron chi connectivity index (χ0n) is 6.01. The summed E-state index contributed by atoms with van der Waals surface area (Å²) in [5, 5.41) is 8.20. The van der Waals surface area contributed by atoms with Crippen molar-refractivity contribution in [2.45, 2.75) is 18.6 Å². The monoisotopic (exact) mass is 183 g/mol. The zero-order valence-corrected chi connectivity index (χ0v) is 6.01. The van der Waals surface area contributed by atoms with Crippen LogP contribution >= 0.6 is 0 Å². The lowest BCUT2D eigenvalue weighted by molar-refractivity contribution is -0.153. The lowest BCUT2D eigenvalue weighted by Crippen LogP contribution is -2.17. The molecule has 1 aliphatic rings. The number of nitrogens with two attached hydrogens (primary N) is 1. The highest BCUT2D eigenvalue weighted by Gasteiger charge is 2.62. The maximum Gasteiger partial charge on any atom is 0.393 e. The van der Waals surface area contributed by atoms with Gasteiger partial charge in [-0.25, -0.2) is 0 Å². The van der Waals surface area contributed by atoms with E-state index < -0.39 is 36.4 Å². The fourth-order valence-corrected chi connectivity index (χ4v) is 1.33. The summed E-state index contributed by atoms with van der Waals surface area (Å²) >= 11 is 0. The number of carboxylic acid groups (broad SMARTS) is 1. The molecular formula is C6H8F3NO2. The van der Waals surface area contributed by atoms with Gasteiger partial charge in [-0.3, -0.25) is 4.79 Å². The average molecular weight is 183 g/mol. The Labute approximate surface area is 66.4 Å². The summed E-state index contributed by atoms with van der Waals surface area (Å²) in [5.41, 5.74) is 5.06. The molecule has 6 heteroatoms. The highest BCUT2D eigenvalue weighted by molar-refractivity contribution is 5.67. The quantitative estimate of drug-likeness (QED) is 0.658. The third-order valence-electron chi connectivity index (χ3n) is 2.02. The number of hydrogen-bond donors (Lipinski definition) is 2. The Morgan fingerprint density at radius 1 is 1.50 bits per heavy atom. The van der Waals surface area contributed by atoms with Gasteiger partial charge in [-0.15, -0.1) is 0 Å². The molecule has 0 spiro atoms. The number of carbonyl (C=O) groups is 1. The summed E-state index contributed by atoms with van der Waals surface area (Å²) < 4.78 is 35.8. The lowest BCUT2D eigenvalue weighted by atomic mass is 10.2. The molecule has 0 unspecified atom stereocenters. The maximum absolute atomic E-state index is 11.9. The summed E-state index contributed by atoms with van der Waals surface area (Å²) in [6.45, 7) is 0. The second kappa shape index (κ2) is 2.62. The minimum absolute atomic E-state index is 0.495. The first-order chi connectivity index (χ1) is 5.34. The standard InChI is InChI=1S/C6H8F3NO2/c7-6(8,9)4-2(5(4)10)1-3(11)12/h2,4-5H,1,10H2,(H,11,12)/t2-,4+,5-/m0/s1. The Morgan fingerprint density at radius 2 is 2.00 bits per heavy atom. The zero-order chi connectivity index (χ0) is 9.52. The SMILES string of the molecule is N[C@H]1[C@@H](CC(=O)O)[C@H]1C(F)(F)F. The molecule has 12 heavy (non-hydrogen) atoms. The lowest BCUT2D eigenvalue weighted by Gasteiger charge is -2.02. The van der Waals surface area contributed by atoms with E-state index in [1.54, 1.807) is 0 Å². The van der Waals surface area contributed by atoms with Crippen molar-refractivity contribution in [3.05, 3.63) is 0 Å². The fraction of sp³-hybridized carbons (Fsp3) is 0.833. The predicted molar refractivity (Wildman–Crippen MR) is 33.3 cm³/mol. The first-order valence-electron chi connectivity index (χ1n) is 3.38. The second-order valence-corrected chi connectivity index (χ2v) is 2.91. The largest absolute Gasteiger partial charge is 0.481 e. The van der Waals surface area contributed by atoms with Crippen LogP contribution in [0.1, 0.15) is 6.42 Å². The molecule has 0 bridgehead atoms. The normalized spacial score (nSPS) is 34.8. The molecule has 0 aliphatic heterocycles. The van der Waals surface area contributed by atoms with E-state index in [1.165, 1.54) is 0 Å². The summed E-state index contributed by atoms with van der Waals surface area (Å²) in [7, 11) is 0. The van der Waals surface area contributed by atoms with Crippen LogP contribution in [0.2, 0.25) is 0 Å². The van der Waals surface area contributed by atoms with Gasteiger partial charge < -0.3 is 10.8 Å². The number of rotatable bonds is 2. The molecule has 0 heterocycles. The number of halogens is 3. The third kappa shape index (κ3) is 1.69. The first-order valence-corrected chi connectivity index (χ1v) is 3.38. The summed E-state index contributed by atoms with van der Waals surface area (Å²) in [6.07, 6.45) is -4.84. The van der Waals surface area contributed by atoms with Crippen LogP contribution in [0.15, 0.2) is 0 Å². The van der Waals surface area contributed by atoms with Crippen molar-refractivity contribution >= 4 is 5.97 Å². The van der Waals surface area contributed by atoms with Crippen molar-refractivity contribution < 1.29 is 23.1 Å². The van der Waals surface area contributed by atoms with E-state index >= 15 is 0 Å². The Kier molecular flexibility index (Phi) is 2.03. The Hall–Kier alpha value is -0.780. The van der Waals surface area contributed by atoms with Crippen molar-refractivity contribution in [3.63, 3.8) is 0 Å². The van der Waals surface area contributed by atoms with Gasteiger partial charge in [0.1, 0.15) is 0 Å². The topological polar surface area (TPSA) is 63.3 Å². The third-order valence-corrected chi connectivity index (χ3v) is 2.02. The minimum Gasteiger partial charge on any atom is -0.481 e.